The second-order valence-electron chi connectivity index (χ2n) is 3.43. The van der Waals surface area contributed by atoms with Crippen LogP contribution in [0.15, 0.2) is 24.8 Å². The Kier molecular flexibility index (Phi) is 2.82. The van der Waals surface area contributed by atoms with Crippen LogP contribution in [0.1, 0.15) is 31.0 Å². The zero-order valence-corrected chi connectivity index (χ0v) is 8.72. The minimum absolute atomic E-state index is 0.276. The van der Waals surface area contributed by atoms with Gasteiger partial charge < -0.3 is 15.3 Å². The molecule has 15 heavy (non-hydrogen) atoms. The molecule has 2 aromatic heterocycles. The normalized spacial score (nSPS) is 12.9. The second-order valence-corrected chi connectivity index (χ2v) is 3.43. The van der Waals surface area contributed by atoms with Crippen molar-refractivity contribution in [2.75, 3.05) is 0 Å². The van der Waals surface area contributed by atoms with Crippen molar-refractivity contribution in [3.8, 4) is 0 Å². The van der Waals surface area contributed by atoms with E-state index in [0.717, 1.165) is 24.6 Å². The van der Waals surface area contributed by atoms with Gasteiger partial charge in [-0.05, 0) is 6.42 Å². The number of nitrogens with one attached hydrogen (secondary N) is 1. The van der Waals surface area contributed by atoms with Gasteiger partial charge in [-0.1, -0.05) is 6.92 Å². The molecular weight excluding hydrogens is 190 g/mol. The molecule has 3 N–H and O–H groups in total. The summed E-state index contributed by atoms with van der Waals surface area (Å²) in [6.45, 7) is 3.06. The SMILES string of the molecule is CCCn1ccnc1C(N)c1ncc[nH]1. The third-order valence-electron chi connectivity index (χ3n) is 2.30. The molecule has 1 unspecified atom stereocenters. The van der Waals surface area contributed by atoms with E-state index in [1.165, 1.54) is 0 Å². The molecule has 0 saturated heterocycles. The standard InChI is InChI=1S/C10H15N5/c1-2-6-15-7-5-14-10(15)8(11)9-12-3-4-13-9/h3-5,7-8H,2,6,11H2,1H3,(H,12,13). The van der Waals surface area contributed by atoms with E-state index in [9.17, 15) is 0 Å². The van der Waals surface area contributed by atoms with Gasteiger partial charge in [-0.15, -0.1) is 0 Å². The van der Waals surface area contributed by atoms with Crippen molar-refractivity contribution in [3.63, 3.8) is 0 Å². The van der Waals surface area contributed by atoms with E-state index in [4.69, 9.17) is 5.73 Å². The fraction of sp³-hybridized carbons (Fsp3) is 0.400. The van der Waals surface area contributed by atoms with Crippen molar-refractivity contribution in [1.82, 2.24) is 19.5 Å². The Balaban J connectivity index is 2.25. The Bertz CT molecular complexity index is 403. The lowest BCUT2D eigenvalue weighted by atomic mass is 10.2. The highest BCUT2D eigenvalue weighted by Gasteiger charge is 2.15. The van der Waals surface area contributed by atoms with Crippen LogP contribution < -0.4 is 5.73 Å². The summed E-state index contributed by atoms with van der Waals surface area (Å²) in [5.41, 5.74) is 6.06. The Hall–Kier alpha value is -1.62. The van der Waals surface area contributed by atoms with Gasteiger partial charge in [0.05, 0.1) is 0 Å². The van der Waals surface area contributed by atoms with Crippen molar-refractivity contribution in [2.45, 2.75) is 25.9 Å². The predicted octanol–water partition coefficient (Wildman–Crippen LogP) is 1.06. The van der Waals surface area contributed by atoms with Crippen molar-refractivity contribution in [1.29, 1.82) is 0 Å². The molecule has 0 aliphatic rings. The first-order valence-corrected chi connectivity index (χ1v) is 5.08. The molecule has 2 aromatic rings. The molecule has 0 spiro atoms. The highest BCUT2D eigenvalue weighted by Crippen LogP contribution is 2.14. The Morgan fingerprint density at radius 2 is 2.33 bits per heavy atom. The van der Waals surface area contributed by atoms with Crippen LogP contribution in [-0.4, -0.2) is 19.5 Å². The van der Waals surface area contributed by atoms with Crippen LogP contribution in [0.4, 0.5) is 0 Å². The average Bonchev–Trinajstić information content (AvgIpc) is 2.87. The van der Waals surface area contributed by atoms with Gasteiger partial charge >= 0.3 is 0 Å². The van der Waals surface area contributed by atoms with Gasteiger partial charge in [0.2, 0.25) is 0 Å². The Morgan fingerprint density at radius 1 is 1.47 bits per heavy atom. The smallest absolute Gasteiger partial charge is 0.133 e. The van der Waals surface area contributed by atoms with E-state index < -0.39 is 0 Å². The fourth-order valence-corrected chi connectivity index (χ4v) is 1.60. The van der Waals surface area contributed by atoms with Crippen LogP contribution in [0.5, 0.6) is 0 Å². The maximum absolute atomic E-state index is 6.06. The van der Waals surface area contributed by atoms with Crippen LogP contribution in [0.2, 0.25) is 0 Å². The maximum Gasteiger partial charge on any atom is 0.133 e. The van der Waals surface area contributed by atoms with E-state index in [1.807, 2.05) is 6.20 Å². The van der Waals surface area contributed by atoms with E-state index in [-0.39, 0.29) is 6.04 Å². The molecule has 0 aliphatic heterocycles. The zero-order chi connectivity index (χ0) is 10.7. The molecule has 2 heterocycles. The van der Waals surface area contributed by atoms with Gasteiger partial charge in [-0.2, -0.15) is 0 Å². The molecule has 0 bridgehead atoms. The van der Waals surface area contributed by atoms with E-state index in [0.29, 0.717) is 0 Å². The van der Waals surface area contributed by atoms with Crippen molar-refractivity contribution in [3.05, 3.63) is 36.4 Å². The molecule has 5 nitrogen and oxygen atoms in total. The number of aromatic nitrogens is 4. The molecule has 0 aromatic carbocycles. The molecule has 0 amide bonds. The summed E-state index contributed by atoms with van der Waals surface area (Å²) in [7, 11) is 0. The van der Waals surface area contributed by atoms with Gasteiger partial charge in [0.1, 0.15) is 17.7 Å². The number of aryl methyl sites for hydroxylation is 1. The highest BCUT2D eigenvalue weighted by molar-refractivity contribution is 5.10. The van der Waals surface area contributed by atoms with Crippen LogP contribution in [-0.2, 0) is 6.54 Å². The number of nitrogens with two attached hydrogens (primary N) is 1. The van der Waals surface area contributed by atoms with Crippen LogP contribution in [0.25, 0.3) is 0 Å². The Labute approximate surface area is 88.4 Å². The quantitative estimate of drug-likeness (QED) is 0.784. The maximum atomic E-state index is 6.06. The third kappa shape index (κ3) is 1.92. The first-order chi connectivity index (χ1) is 7.33. The van der Waals surface area contributed by atoms with Crippen LogP contribution in [0.3, 0.4) is 0 Å². The first-order valence-electron chi connectivity index (χ1n) is 5.08. The molecule has 0 fully saturated rings. The van der Waals surface area contributed by atoms with Crippen molar-refractivity contribution < 1.29 is 0 Å². The second kappa shape index (κ2) is 4.27. The Morgan fingerprint density at radius 3 is 3.00 bits per heavy atom. The summed E-state index contributed by atoms with van der Waals surface area (Å²) in [6.07, 6.45) is 8.24. The summed E-state index contributed by atoms with van der Waals surface area (Å²) in [5, 5.41) is 0. The molecule has 0 saturated carbocycles. The van der Waals surface area contributed by atoms with E-state index in [2.05, 4.69) is 26.4 Å². The fourth-order valence-electron chi connectivity index (χ4n) is 1.60. The summed E-state index contributed by atoms with van der Waals surface area (Å²) in [4.78, 5) is 11.4. The molecule has 1 atom stereocenters. The van der Waals surface area contributed by atoms with Crippen molar-refractivity contribution in [2.24, 2.45) is 5.73 Å². The molecule has 80 valence electrons. The third-order valence-corrected chi connectivity index (χ3v) is 2.30. The van der Waals surface area contributed by atoms with E-state index in [1.54, 1.807) is 18.6 Å². The number of imidazole rings is 2. The molecule has 0 radical (unpaired) electrons. The predicted molar refractivity (Wildman–Crippen MR) is 57.1 cm³/mol. The van der Waals surface area contributed by atoms with Gasteiger partial charge in [-0.25, -0.2) is 9.97 Å². The highest BCUT2D eigenvalue weighted by atomic mass is 15.1. The number of hydrogen-bond acceptors (Lipinski definition) is 3. The summed E-state index contributed by atoms with van der Waals surface area (Å²) >= 11 is 0. The largest absolute Gasteiger partial charge is 0.347 e. The number of hydrogen-bond donors (Lipinski definition) is 2. The lowest BCUT2D eigenvalue weighted by Crippen LogP contribution is -2.19. The number of nitrogens with zero attached hydrogens (tertiary/aromatic N) is 3. The average molecular weight is 205 g/mol. The van der Waals surface area contributed by atoms with Gasteiger partial charge in [0.25, 0.3) is 0 Å². The number of aromatic amines is 1. The van der Waals surface area contributed by atoms with Gasteiger partial charge in [0, 0.05) is 31.3 Å². The number of rotatable bonds is 4. The zero-order valence-electron chi connectivity index (χ0n) is 8.72. The minimum atomic E-state index is -0.276. The van der Waals surface area contributed by atoms with Crippen LogP contribution >= 0.6 is 0 Å². The summed E-state index contributed by atoms with van der Waals surface area (Å²) < 4.78 is 2.06. The topological polar surface area (TPSA) is 72.5 Å². The monoisotopic (exact) mass is 205 g/mol. The lowest BCUT2D eigenvalue weighted by molar-refractivity contribution is 0.602. The summed E-state index contributed by atoms with van der Waals surface area (Å²) in [6, 6.07) is -0.276. The van der Waals surface area contributed by atoms with Crippen LogP contribution in [0, 0.1) is 0 Å². The first kappa shape index (κ1) is 9.92. The molecule has 5 heteroatoms. The van der Waals surface area contributed by atoms with Gasteiger partial charge in [-0.3, -0.25) is 0 Å². The van der Waals surface area contributed by atoms with E-state index >= 15 is 0 Å². The lowest BCUT2D eigenvalue weighted by Gasteiger charge is -2.11. The van der Waals surface area contributed by atoms with Crippen molar-refractivity contribution >= 4 is 0 Å². The molecule has 0 aliphatic carbocycles. The molecular formula is C10H15N5. The van der Waals surface area contributed by atoms with Gasteiger partial charge in [0.15, 0.2) is 0 Å². The molecule has 2 rings (SSSR count). The number of H-pyrrole nitrogens is 1. The summed E-state index contributed by atoms with van der Waals surface area (Å²) in [5.74, 6) is 1.60. The minimum Gasteiger partial charge on any atom is -0.347 e.